The van der Waals surface area contributed by atoms with Gasteiger partial charge in [-0.1, -0.05) is 12.8 Å². The van der Waals surface area contributed by atoms with Crippen molar-refractivity contribution in [2.75, 3.05) is 39.1 Å². The molecule has 0 bridgehead atoms. The normalized spacial score (nSPS) is 17.6. The van der Waals surface area contributed by atoms with Crippen LogP contribution in [0.2, 0.25) is 0 Å². The third-order valence-electron chi connectivity index (χ3n) is 4.10. The molecule has 0 aliphatic heterocycles. The number of primary sulfonamides is 1. The second-order valence-electron chi connectivity index (χ2n) is 5.94. The van der Waals surface area contributed by atoms with Crippen LogP contribution < -0.4 is 15.8 Å². The second kappa shape index (κ2) is 11.4. The molecule has 0 aromatic heterocycles. The minimum Gasteiger partial charge on any atom is -0.385 e. The first kappa shape index (κ1) is 22.9. The Kier molecular flexibility index (Phi) is 11.4. The first-order valence-corrected chi connectivity index (χ1v) is 9.64. The number of hydrogen-bond donors (Lipinski definition) is 3. The Hall–Kier alpha value is -0.130. The molecule has 0 heterocycles. The zero-order valence-corrected chi connectivity index (χ0v) is 17.3. The maximum absolute atomic E-state index is 11.0. The predicted molar refractivity (Wildman–Crippen MR) is 105 cm³/mol. The first-order chi connectivity index (χ1) is 10.4. The van der Waals surface area contributed by atoms with Crippen LogP contribution in [0.15, 0.2) is 4.99 Å². The van der Waals surface area contributed by atoms with E-state index in [-0.39, 0.29) is 41.7 Å². The van der Waals surface area contributed by atoms with Crippen LogP contribution in [0.1, 0.15) is 39.0 Å². The highest BCUT2D eigenvalue weighted by Crippen LogP contribution is 2.41. The lowest BCUT2D eigenvalue weighted by molar-refractivity contribution is 0.141. The molecule has 0 aromatic carbocycles. The highest BCUT2D eigenvalue weighted by atomic mass is 127. The summed E-state index contributed by atoms with van der Waals surface area (Å²) in [4.78, 5) is 4.64. The second-order valence-corrected chi connectivity index (χ2v) is 7.67. The molecular formula is C14H31IN4O3S. The van der Waals surface area contributed by atoms with Gasteiger partial charge in [0.05, 0.1) is 5.75 Å². The molecule has 1 aliphatic carbocycles. The van der Waals surface area contributed by atoms with E-state index in [9.17, 15) is 8.42 Å². The zero-order valence-electron chi connectivity index (χ0n) is 14.1. The highest BCUT2D eigenvalue weighted by molar-refractivity contribution is 14.0. The van der Waals surface area contributed by atoms with E-state index in [1.807, 2.05) is 6.92 Å². The van der Waals surface area contributed by atoms with Crippen LogP contribution in [0.5, 0.6) is 0 Å². The number of nitrogens with two attached hydrogens (primary N) is 1. The van der Waals surface area contributed by atoms with Crippen molar-refractivity contribution in [3.8, 4) is 0 Å². The van der Waals surface area contributed by atoms with Gasteiger partial charge in [0, 0.05) is 33.4 Å². The van der Waals surface area contributed by atoms with Gasteiger partial charge in [-0.05, 0) is 31.6 Å². The molecule has 1 saturated carbocycles. The molecule has 9 heteroatoms. The van der Waals surface area contributed by atoms with E-state index in [4.69, 9.17) is 9.88 Å². The number of sulfonamides is 1. The number of nitrogens with one attached hydrogen (secondary N) is 2. The summed E-state index contributed by atoms with van der Waals surface area (Å²) in [5.74, 6) is 0.543. The van der Waals surface area contributed by atoms with E-state index < -0.39 is 10.0 Å². The summed E-state index contributed by atoms with van der Waals surface area (Å²) >= 11 is 0. The molecule has 138 valence electrons. The van der Waals surface area contributed by atoms with E-state index in [0.29, 0.717) is 5.96 Å². The topological polar surface area (TPSA) is 106 Å². The van der Waals surface area contributed by atoms with Crippen molar-refractivity contribution in [3.05, 3.63) is 0 Å². The van der Waals surface area contributed by atoms with E-state index in [1.165, 1.54) is 25.7 Å². The summed E-state index contributed by atoms with van der Waals surface area (Å²) in [6.07, 6.45) is 5.86. The molecule has 0 atom stereocenters. The van der Waals surface area contributed by atoms with Crippen molar-refractivity contribution in [1.82, 2.24) is 10.6 Å². The van der Waals surface area contributed by atoms with E-state index in [0.717, 1.165) is 26.1 Å². The molecule has 1 fully saturated rings. The summed E-state index contributed by atoms with van der Waals surface area (Å²) in [6, 6.07) is 0. The Labute approximate surface area is 157 Å². The Morgan fingerprint density at radius 1 is 1.30 bits per heavy atom. The van der Waals surface area contributed by atoms with Gasteiger partial charge in [-0.15, -0.1) is 24.0 Å². The quantitative estimate of drug-likeness (QED) is 0.270. The maximum Gasteiger partial charge on any atom is 0.210 e. The smallest absolute Gasteiger partial charge is 0.210 e. The Morgan fingerprint density at radius 2 is 1.96 bits per heavy atom. The molecule has 0 amide bonds. The largest absolute Gasteiger partial charge is 0.385 e. The van der Waals surface area contributed by atoms with Gasteiger partial charge in [0.15, 0.2) is 5.96 Å². The molecular weight excluding hydrogens is 431 g/mol. The molecule has 0 unspecified atom stereocenters. The van der Waals surface area contributed by atoms with Crippen molar-refractivity contribution < 1.29 is 13.2 Å². The lowest BCUT2D eigenvalue weighted by atomic mass is 9.83. The fourth-order valence-electron chi connectivity index (χ4n) is 2.83. The van der Waals surface area contributed by atoms with Gasteiger partial charge in [-0.2, -0.15) is 0 Å². The average molecular weight is 462 g/mol. The lowest BCUT2D eigenvalue weighted by Crippen LogP contribution is -2.41. The molecule has 0 saturated heterocycles. The molecule has 0 radical (unpaired) electrons. The fraction of sp³-hybridized carbons (Fsp3) is 0.929. The van der Waals surface area contributed by atoms with Gasteiger partial charge in [0.1, 0.15) is 0 Å². The highest BCUT2D eigenvalue weighted by Gasteiger charge is 2.33. The van der Waals surface area contributed by atoms with Gasteiger partial charge < -0.3 is 15.4 Å². The van der Waals surface area contributed by atoms with Crippen molar-refractivity contribution in [2.24, 2.45) is 15.5 Å². The fourth-order valence-corrected chi connectivity index (χ4v) is 3.22. The van der Waals surface area contributed by atoms with Gasteiger partial charge >= 0.3 is 0 Å². The van der Waals surface area contributed by atoms with Crippen molar-refractivity contribution in [2.45, 2.75) is 39.0 Å². The van der Waals surface area contributed by atoms with E-state index in [2.05, 4.69) is 15.6 Å². The molecule has 7 nitrogen and oxygen atoms in total. The predicted octanol–water partition coefficient (Wildman–Crippen LogP) is 1.04. The lowest BCUT2D eigenvalue weighted by Gasteiger charge is -2.27. The summed E-state index contributed by atoms with van der Waals surface area (Å²) in [6.45, 7) is 4.46. The van der Waals surface area contributed by atoms with Crippen LogP contribution in [0.3, 0.4) is 0 Å². The van der Waals surface area contributed by atoms with Gasteiger partial charge in [0.25, 0.3) is 0 Å². The minimum absolute atomic E-state index is 0. The van der Waals surface area contributed by atoms with Gasteiger partial charge in [-0.3, -0.25) is 4.99 Å². The summed E-state index contributed by atoms with van der Waals surface area (Å²) in [5, 5.41) is 11.2. The number of ether oxygens (including phenoxy) is 1. The van der Waals surface area contributed by atoms with Crippen LogP contribution in [-0.4, -0.2) is 53.5 Å². The van der Waals surface area contributed by atoms with Crippen LogP contribution in [-0.2, 0) is 14.8 Å². The number of hydrogen-bond acceptors (Lipinski definition) is 4. The first-order valence-electron chi connectivity index (χ1n) is 7.92. The molecule has 1 aliphatic rings. The third-order valence-corrected chi connectivity index (χ3v) is 4.87. The molecule has 0 spiro atoms. The Morgan fingerprint density at radius 3 is 2.48 bits per heavy atom. The van der Waals surface area contributed by atoms with Crippen LogP contribution in [0, 0.1) is 5.41 Å². The monoisotopic (exact) mass is 462 g/mol. The van der Waals surface area contributed by atoms with Crippen LogP contribution in [0.4, 0.5) is 0 Å². The van der Waals surface area contributed by atoms with Gasteiger partial charge in [-0.25, -0.2) is 13.6 Å². The number of nitrogens with zero attached hydrogens (tertiary/aromatic N) is 1. The number of rotatable bonds is 9. The van der Waals surface area contributed by atoms with Crippen LogP contribution >= 0.6 is 24.0 Å². The number of guanidine groups is 1. The number of methoxy groups -OCH3 is 1. The SMILES string of the molecule is CCNC(=NCC1(CCOC)CCCC1)NCCS(N)(=O)=O.I. The van der Waals surface area contributed by atoms with Crippen molar-refractivity contribution >= 4 is 40.0 Å². The average Bonchev–Trinajstić information content (AvgIpc) is 2.91. The molecule has 23 heavy (non-hydrogen) atoms. The summed E-state index contributed by atoms with van der Waals surface area (Å²) < 4.78 is 27.2. The van der Waals surface area contributed by atoms with Crippen LogP contribution in [0.25, 0.3) is 0 Å². The zero-order chi connectivity index (χ0) is 16.5. The minimum atomic E-state index is -3.45. The summed E-state index contributed by atoms with van der Waals surface area (Å²) in [7, 11) is -1.72. The standard InChI is InChI=1S/C14H30N4O3S.HI/c1-3-16-13(17-9-11-22(15,19)20)18-12-14(8-10-21-2)6-4-5-7-14;/h3-12H2,1-2H3,(H2,15,19,20)(H2,16,17,18);1H. The maximum atomic E-state index is 11.0. The van der Waals surface area contributed by atoms with E-state index in [1.54, 1.807) is 7.11 Å². The number of aliphatic imine (C=N–C) groups is 1. The Balaban J connectivity index is 0.00000484. The summed E-state index contributed by atoms with van der Waals surface area (Å²) in [5.41, 5.74) is 0.221. The molecule has 4 N–H and O–H groups in total. The van der Waals surface area contributed by atoms with Gasteiger partial charge in [0.2, 0.25) is 10.0 Å². The van der Waals surface area contributed by atoms with Crippen molar-refractivity contribution in [1.29, 1.82) is 0 Å². The van der Waals surface area contributed by atoms with Crippen molar-refractivity contribution in [3.63, 3.8) is 0 Å². The number of halogens is 1. The molecule has 1 rings (SSSR count). The van der Waals surface area contributed by atoms with E-state index >= 15 is 0 Å². The molecule has 0 aromatic rings. The Bertz CT molecular complexity index is 451. The third kappa shape index (κ3) is 9.68.